The van der Waals surface area contributed by atoms with Gasteiger partial charge in [0.05, 0.1) is 12.1 Å². The van der Waals surface area contributed by atoms with Gasteiger partial charge in [-0.05, 0) is 24.6 Å². The minimum atomic E-state index is -0.280. The van der Waals surface area contributed by atoms with Gasteiger partial charge in [0.25, 0.3) is 5.91 Å². The number of nitrogens with zero attached hydrogens (tertiary/aromatic N) is 2. The fourth-order valence-electron chi connectivity index (χ4n) is 2.12. The number of carbonyl (C=O) groups excluding carboxylic acids is 2. The topological polar surface area (TPSA) is 104 Å². The maximum atomic E-state index is 12.6. The highest BCUT2D eigenvalue weighted by Crippen LogP contribution is 2.20. The van der Waals surface area contributed by atoms with Crippen molar-refractivity contribution in [2.45, 2.75) is 13.3 Å². The lowest BCUT2D eigenvalue weighted by Crippen LogP contribution is -2.40. The molecule has 7 nitrogen and oxygen atoms in total. The van der Waals surface area contributed by atoms with Gasteiger partial charge < -0.3 is 16.0 Å². The van der Waals surface area contributed by atoms with Crippen LogP contribution in [0.1, 0.15) is 23.8 Å². The standard InChI is InChI=1S/C14H19N5O2/c1-3-6-19(8-12(20)16-2)14(21)13-10-7-9(15)4-5-11(10)17-18-13/h4-5,7H,3,6,8,15H2,1-2H3,(H,16,20)(H,17,18). The monoisotopic (exact) mass is 289 g/mol. The lowest BCUT2D eigenvalue weighted by molar-refractivity contribution is -0.121. The summed E-state index contributed by atoms with van der Waals surface area (Å²) in [7, 11) is 1.54. The summed E-state index contributed by atoms with van der Waals surface area (Å²) in [6.45, 7) is 2.45. The number of amides is 2. The number of nitrogen functional groups attached to an aromatic ring is 1. The van der Waals surface area contributed by atoms with Crippen LogP contribution in [0.15, 0.2) is 18.2 Å². The lowest BCUT2D eigenvalue weighted by Gasteiger charge is -2.20. The van der Waals surface area contributed by atoms with E-state index in [1.54, 1.807) is 25.2 Å². The normalized spacial score (nSPS) is 10.6. The van der Waals surface area contributed by atoms with E-state index in [0.717, 1.165) is 11.9 Å². The molecule has 1 aromatic carbocycles. The van der Waals surface area contributed by atoms with Gasteiger partial charge >= 0.3 is 0 Å². The molecule has 112 valence electrons. The number of rotatable bonds is 5. The molecule has 0 aliphatic carbocycles. The number of hydrogen-bond acceptors (Lipinski definition) is 4. The first-order valence-corrected chi connectivity index (χ1v) is 6.80. The van der Waals surface area contributed by atoms with Crippen LogP contribution in [-0.2, 0) is 4.79 Å². The minimum Gasteiger partial charge on any atom is -0.399 e. The molecule has 0 spiro atoms. The Morgan fingerprint density at radius 1 is 1.43 bits per heavy atom. The molecule has 0 aliphatic rings. The van der Waals surface area contributed by atoms with E-state index in [0.29, 0.717) is 17.6 Å². The maximum Gasteiger partial charge on any atom is 0.275 e. The van der Waals surface area contributed by atoms with E-state index in [2.05, 4.69) is 15.5 Å². The number of hydrogen-bond donors (Lipinski definition) is 3. The summed E-state index contributed by atoms with van der Waals surface area (Å²) in [4.78, 5) is 25.6. The molecule has 2 rings (SSSR count). The zero-order chi connectivity index (χ0) is 15.4. The van der Waals surface area contributed by atoms with Crippen LogP contribution in [0.2, 0.25) is 0 Å². The first-order valence-electron chi connectivity index (χ1n) is 6.80. The molecule has 0 saturated carbocycles. The highest BCUT2D eigenvalue weighted by molar-refractivity contribution is 6.06. The molecule has 0 atom stereocenters. The second kappa shape index (κ2) is 6.25. The van der Waals surface area contributed by atoms with Gasteiger partial charge in [-0.3, -0.25) is 14.7 Å². The molecule has 0 fully saturated rings. The highest BCUT2D eigenvalue weighted by atomic mass is 16.2. The number of benzene rings is 1. The summed E-state index contributed by atoms with van der Waals surface area (Å²) in [5, 5.41) is 10.1. The first-order chi connectivity index (χ1) is 10.1. The Morgan fingerprint density at radius 3 is 2.86 bits per heavy atom. The fraction of sp³-hybridized carbons (Fsp3) is 0.357. The SMILES string of the molecule is CCCN(CC(=O)NC)C(=O)c1n[nH]c2ccc(N)cc12. The number of nitrogens with two attached hydrogens (primary N) is 1. The Morgan fingerprint density at radius 2 is 2.19 bits per heavy atom. The summed E-state index contributed by atoms with van der Waals surface area (Å²) in [6, 6.07) is 5.22. The van der Waals surface area contributed by atoms with Crippen molar-refractivity contribution < 1.29 is 9.59 Å². The van der Waals surface area contributed by atoms with E-state index in [1.165, 1.54) is 4.90 Å². The van der Waals surface area contributed by atoms with Crippen molar-refractivity contribution in [1.29, 1.82) is 0 Å². The second-order valence-electron chi connectivity index (χ2n) is 4.78. The molecule has 1 aromatic heterocycles. The Balaban J connectivity index is 2.34. The van der Waals surface area contributed by atoms with Gasteiger partial charge in [-0.15, -0.1) is 0 Å². The fourth-order valence-corrected chi connectivity index (χ4v) is 2.12. The molecule has 0 aliphatic heterocycles. The lowest BCUT2D eigenvalue weighted by atomic mass is 10.1. The van der Waals surface area contributed by atoms with E-state index in [9.17, 15) is 9.59 Å². The molecule has 4 N–H and O–H groups in total. The summed E-state index contributed by atoms with van der Waals surface area (Å²) >= 11 is 0. The molecule has 0 radical (unpaired) electrons. The van der Waals surface area contributed by atoms with E-state index in [1.807, 2.05) is 6.92 Å². The van der Waals surface area contributed by atoms with Crippen LogP contribution in [0.3, 0.4) is 0 Å². The van der Waals surface area contributed by atoms with Crippen molar-refractivity contribution in [3.63, 3.8) is 0 Å². The van der Waals surface area contributed by atoms with Gasteiger partial charge in [-0.2, -0.15) is 5.10 Å². The van der Waals surface area contributed by atoms with Crippen molar-refractivity contribution in [1.82, 2.24) is 20.4 Å². The Labute approximate surface area is 122 Å². The molecule has 2 aromatic rings. The molecule has 0 saturated heterocycles. The summed E-state index contributed by atoms with van der Waals surface area (Å²) in [5.74, 6) is -0.492. The number of anilines is 1. The van der Waals surface area contributed by atoms with Gasteiger partial charge in [-0.25, -0.2) is 0 Å². The first kappa shape index (κ1) is 14.8. The summed E-state index contributed by atoms with van der Waals surface area (Å²) < 4.78 is 0. The second-order valence-corrected chi connectivity index (χ2v) is 4.78. The van der Waals surface area contributed by atoms with E-state index < -0.39 is 0 Å². The molecule has 1 heterocycles. The van der Waals surface area contributed by atoms with Crippen LogP contribution in [0.5, 0.6) is 0 Å². The van der Waals surface area contributed by atoms with E-state index in [4.69, 9.17) is 5.73 Å². The van der Waals surface area contributed by atoms with Crippen LogP contribution >= 0.6 is 0 Å². The Kier molecular flexibility index (Phi) is 4.42. The third-order valence-corrected chi connectivity index (χ3v) is 3.18. The van der Waals surface area contributed by atoms with Gasteiger partial charge in [0.1, 0.15) is 0 Å². The predicted molar refractivity (Wildman–Crippen MR) is 80.8 cm³/mol. The number of nitrogens with one attached hydrogen (secondary N) is 2. The average molecular weight is 289 g/mol. The zero-order valence-corrected chi connectivity index (χ0v) is 12.1. The number of fused-ring (bicyclic) bond motifs is 1. The molecule has 7 heteroatoms. The molecular weight excluding hydrogens is 270 g/mol. The molecule has 21 heavy (non-hydrogen) atoms. The van der Waals surface area contributed by atoms with Crippen LogP contribution in [0.4, 0.5) is 5.69 Å². The summed E-state index contributed by atoms with van der Waals surface area (Å²) in [6.07, 6.45) is 0.757. The van der Waals surface area contributed by atoms with Crippen molar-refractivity contribution in [2.24, 2.45) is 0 Å². The highest BCUT2D eigenvalue weighted by Gasteiger charge is 2.22. The smallest absolute Gasteiger partial charge is 0.275 e. The van der Waals surface area contributed by atoms with Crippen LogP contribution in [-0.4, -0.2) is 47.0 Å². The number of carbonyl (C=O) groups is 2. The molecule has 0 bridgehead atoms. The third kappa shape index (κ3) is 3.13. The largest absolute Gasteiger partial charge is 0.399 e. The molecule has 2 amide bonds. The number of aromatic amines is 1. The van der Waals surface area contributed by atoms with Crippen molar-refractivity contribution in [2.75, 3.05) is 25.9 Å². The Hall–Kier alpha value is -2.57. The molecular formula is C14H19N5O2. The Bertz CT molecular complexity index is 664. The molecule has 0 unspecified atom stereocenters. The number of H-pyrrole nitrogens is 1. The van der Waals surface area contributed by atoms with Gasteiger partial charge in [0.15, 0.2) is 5.69 Å². The van der Waals surface area contributed by atoms with E-state index in [-0.39, 0.29) is 24.1 Å². The van der Waals surface area contributed by atoms with Crippen LogP contribution in [0, 0.1) is 0 Å². The number of likely N-dealkylation sites (N-methyl/N-ethyl adjacent to an activating group) is 1. The quantitative estimate of drug-likeness (QED) is 0.706. The van der Waals surface area contributed by atoms with Gasteiger partial charge in [-0.1, -0.05) is 6.92 Å². The van der Waals surface area contributed by atoms with Crippen LogP contribution in [0.25, 0.3) is 10.9 Å². The van der Waals surface area contributed by atoms with Gasteiger partial charge in [0, 0.05) is 24.7 Å². The van der Waals surface area contributed by atoms with Crippen molar-refractivity contribution in [3.8, 4) is 0 Å². The minimum absolute atomic E-state index is 0.0137. The zero-order valence-electron chi connectivity index (χ0n) is 12.1. The average Bonchev–Trinajstić information content (AvgIpc) is 2.88. The number of aromatic nitrogens is 2. The van der Waals surface area contributed by atoms with Gasteiger partial charge in [0.2, 0.25) is 5.91 Å². The van der Waals surface area contributed by atoms with Crippen molar-refractivity contribution in [3.05, 3.63) is 23.9 Å². The predicted octanol–water partition coefficient (Wildman–Crippen LogP) is 0.743. The van der Waals surface area contributed by atoms with Crippen LogP contribution < -0.4 is 11.1 Å². The van der Waals surface area contributed by atoms with E-state index >= 15 is 0 Å². The van der Waals surface area contributed by atoms with Crippen molar-refractivity contribution >= 4 is 28.4 Å². The summed E-state index contributed by atoms with van der Waals surface area (Å²) in [5.41, 5.74) is 7.35. The maximum absolute atomic E-state index is 12.6. The third-order valence-electron chi connectivity index (χ3n) is 3.18.